The van der Waals surface area contributed by atoms with E-state index < -0.39 is 195 Å². The van der Waals surface area contributed by atoms with Crippen LogP contribution in [0.5, 0.6) is 0 Å². The van der Waals surface area contributed by atoms with Crippen molar-refractivity contribution >= 4 is 11.9 Å². The standard InChI is InChI=1S/C55H89NO23/c1-23(59)56-34-39(65)38(64)29(22-73-48-44(41(67)37(63)28(20-58)75-48)79-46-42(68)35(61)26(60)21-72-46)76-45(34)77-32-12-13-52(6)30(51(32,4)5)11-14-53(7)31(52)10-9-24-25-17-50(2,3)15-16-55(25,49(70)71)33(18-54(24,53)8)78-47-43(69)40(66)36(62)27(19-57)74-47/h9,25-48,57-58,60-69H,10-22H2,1-8H3,(H,56,59)(H,70,71). The molecule has 0 aromatic heterocycles. The van der Waals surface area contributed by atoms with Gasteiger partial charge in [-0.25, -0.2) is 0 Å². The number of fused-ring (bicyclic) bond motifs is 7. The first-order valence-corrected chi connectivity index (χ1v) is 28.3. The molecule has 4 aliphatic heterocycles. The molecule has 24 heteroatoms. The highest BCUT2D eigenvalue weighted by molar-refractivity contribution is 5.78. The first-order chi connectivity index (χ1) is 36.9. The van der Waals surface area contributed by atoms with Crippen molar-refractivity contribution in [1.29, 1.82) is 0 Å². The van der Waals surface area contributed by atoms with Crippen LogP contribution < -0.4 is 5.32 Å². The fourth-order valence-electron chi connectivity index (χ4n) is 16.7. The maximum atomic E-state index is 14.0. The number of ether oxygens (including phenoxy) is 8. The Labute approximate surface area is 460 Å². The summed E-state index contributed by atoms with van der Waals surface area (Å²) in [6.45, 7) is 14.3. The van der Waals surface area contributed by atoms with Gasteiger partial charge in [-0.05, 0) is 103 Å². The number of aliphatic hydroxyl groups excluding tert-OH is 12. The lowest BCUT2D eigenvalue weighted by atomic mass is 9.33. The Morgan fingerprint density at radius 3 is 1.89 bits per heavy atom. The largest absolute Gasteiger partial charge is 0.481 e. The molecule has 4 saturated carbocycles. The molecule has 452 valence electrons. The highest BCUT2D eigenvalue weighted by Gasteiger charge is 2.72. The fraction of sp³-hybridized carbons (Fsp3) is 0.927. The molecule has 8 fully saturated rings. The quantitative estimate of drug-likeness (QED) is 0.0721. The van der Waals surface area contributed by atoms with Crippen LogP contribution in [0.2, 0.25) is 0 Å². The average molecular weight is 1130 g/mol. The van der Waals surface area contributed by atoms with Crippen molar-refractivity contribution in [2.24, 2.45) is 50.2 Å². The molecule has 0 bridgehead atoms. The third-order valence-corrected chi connectivity index (χ3v) is 21.5. The molecule has 1 amide bonds. The minimum atomic E-state index is -1.82. The average Bonchev–Trinajstić information content (AvgIpc) is 3.41. The van der Waals surface area contributed by atoms with Gasteiger partial charge in [0.05, 0.1) is 38.6 Å². The zero-order valence-corrected chi connectivity index (χ0v) is 46.5. The summed E-state index contributed by atoms with van der Waals surface area (Å²) in [6, 6.07) is -1.26. The molecular weight excluding hydrogens is 1040 g/mol. The molecule has 28 unspecified atom stereocenters. The SMILES string of the molecule is CC(=O)NC1C(OC2CCC3(C)C(CCC4(C)C3CC=C3C5CC(C)(C)CCC5(C(=O)O)C(OC5OC(CO)C(O)C(O)C5O)CC34C)C2(C)C)OC(COC2OC(CO)C(O)C(O)C2OC2OCC(O)C(O)C2O)C(O)C1O. The minimum Gasteiger partial charge on any atom is -0.481 e. The van der Waals surface area contributed by atoms with Crippen LogP contribution in [-0.2, 0) is 47.5 Å². The van der Waals surface area contributed by atoms with Crippen LogP contribution in [0.3, 0.4) is 0 Å². The number of aliphatic carboxylic acids is 1. The molecule has 4 saturated heterocycles. The summed E-state index contributed by atoms with van der Waals surface area (Å²) in [5.74, 6) is -1.90. The summed E-state index contributed by atoms with van der Waals surface area (Å²) >= 11 is 0. The summed E-state index contributed by atoms with van der Waals surface area (Å²) < 4.78 is 49.0. The van der Waals surface area contributed by atoms with E-state index in [0.29, 0.717) is 38.5 Å². The van der Waals surface area contributed by atoms with Gasteiger partial charge in [0.15, 0.2) is 25.2 Å². The molecule has 9 rings (SSSR count). The Bertz CT molecular complexity index is 2220. The zero-order valence-electron chi connectivity index (χ0n) is 46.5. The van der Waals surface area contributed by atoms with Crippen LogP contribution in [0.1, 0.15) is 113 Å². The smallest absolute Gasteiger partial charge is 0.312 e. The second-order valence-electron chi connectivity index (χ2n) is 26.7. The van der Waals surface area contributed by atoms with Crippen molar-refractivity contribution in [3.8, 4) is 0 Å². The predicted octanol–water partition coefficient (Wildman–Crippen LogP) is -1.72. The second-order valence-corrected chi connectivity index (χ2v) is 26.7. The lowest BCUT2D eigenvalue weighted by Crippen LogP contribution is -2.69. The number of hydrogen-bond acceptors (Lipinski definition) is 22. The van der Waals surface area contributed by atoms with Gasteiger partial charge in [-0.15, -0.1) is 0 Å². The minimum absolute atomic E-state index is 0.0296. The number of amides is 1. The Hall–Kier alpha value is -2.12. The molecule has 14 N–H and O–H groups in total. The van der Waals surface area contributed by atoms with Crippen LogP contribution in [0.4, 0.5) is 0 Å². The number of carbonyl (C=O) groups is 2. The number of carboxylic acid groups (broad SMARTS) is 1. The lowest BCUT2D eigenvalue weighted by Gasteiger charge is -2.72. The van der Waals surface area contributed by atoms with E-state index in [2.05, 4.69) is 59.9 Å². The number of carbonyl (C=O) groups excluding carboxylic acids is 1. The van der Waals surface area contributed by atoms with Crippen molar-refractivity contribution in [3.05, 3.63) is 11.6 Å². The molecule has 0 aromatic rings. The van der Waals surface area contributed by atoms with E-state index >= 15 is 0 Å². The maximum Gasteiger partial charge on any atom is 0.312 e. The molecule has 5 aliphatic carbocycles. The summed E-state index contributed by atoms with van der Waals surface area (Å²) in [7, 11) is 0. The van der Waals surface area contributed by atoms with Gasteiger partial charge >= 0.3 is 5.97 Å². The molecule has 9 aliphatic rings. The van der Waals surface area contributed by atoms with Crippen molar-refractivity contribution in [2.75, 3.05) is 26.4 Å². The van der Waals surface area contributed by atoms with Gasteiger partial charge in [0.2, 0.25) is 5.91 Å². The Morgan fingerprint density at radius 2 is 1.24 bits per heavy atom. The summed E-state index contributed by atoms with van der Waals surface area (Å²) in [5, 5.41) is 143. The maximum absolute atomic E-state index is 14.0. The van der Waals surface area contributed by atoms with Crippen LogP contribution in [-0.4, -0.2) is 234 Å². The van der Waals surface area contributed by atoms with Gasteiger partial charge in [0, 0.05) is 6.92 Å². The first-order valence-electron chi connectivity index (χ1n) is 28.3. The zero-order chi connectivity index (χ0) is 57.9. The van der Waals surface area contributed by atoms with E-state index in [1.54, 1.807) is 0 Å². The summed E-state index contributed by atoms with van der Waals surface area (Å²) in [4.78, 5) is 26.7. The number of nitrogens with one attached hydrogen (secondary N) is 1. The molecule has 24 nitrogen and oxygen atoms in total. The van der Waals surface area contributed by atoms with Crippen LogP contribution in [0.25, 0.3) is 0 Å². The molecule has 4 heterocycles. The predicted molar refractivity (Wildman–Crippen MR) is 270 cm³/mol. The van der Waals surface area contributed by atoms with E-state index in [-0.39, 0.29) is 29.1 Å². The summed E-state index contributed by atoms with van der Waals surface area (Å²) in [5.41, 5.74) is -2.48. The number of rotatable bonds is 13. The van der Waals surface area contributed by atoms with Gasteiger partial charge in [-0.2, -0.15) is 0 Å². The molecule has 28 atom stereocenters. The van der Waals surface area contributed by atoms with E-state index in [1.165, 1.54) is 6.92 Å². The van der Waals surface area contributed by atoms with Gasteiger partial charge in [0.1, 0.15) is 96.9 Å². The fourth-order valence-corrected chi connectivity index (χ4v) is 16.7. The molecule has 0 radical (unpaired) electrons. The number of allylic oxidation sites excluding steroid dienone is 2. The number of carboxylic acids is 1. The van der Waals surface area contributed by atoms with Crippen molar-refractivity contribution < 1.29 is 114 Å². The third kappa shape index (κ3) is 10.3. The Morgan fingerprint density at radius 1 is 0.633 bits per heavy atom. The van der Waals surface area contributed by atoms with Gasteiger partial charge < -0.3 is 110 Å². The van der Waals surface area contributed by atoms with Gasteiger partial charge in [-0.1, -0.05) is 60.1 Å². The topological polar surface area (TPSA) is 383 Å². The Kier molecular flexibility index (Phi) is 17.4. The highest BCUT2D eigenvalue weighted by Crippen LogP contribution is 2.76. The van der Waals surface area contributed by atoms with E-state index in [1.807, 2.05) is 0 Å². The molecule has 0 aromatic carbocycles. The lowest BCUT2D eigenvalue weighted by molar-refractivity contribution is -0.364. The van der Waals surface area contributed by atoms with Crippen molar-refractivity contribution in [3.63, 3.8) is 0 Å². The monoisotopic (exact) mass is 1130 g/mol. The molecule has 79 heavy (non-hydrogen) atoms. The van der Waals surface area contributed by atoms with Crippen molar-refractivity contribution in [1.82, 2.24) is 5.32 Å². The molecular formula is C55H89NO23. The van der Waals surface area contributed by atoms with Crippen LogP contribution in [0, 0.1) is 50.2 Å². The van der Waals surface area contributed by atoms with Crippen LogP contribution in [0.15, 0.2) is 11.6 Å². The Balaban J connectivity index is 0.962. The van der Waals surface area contributed by atoms with Gasteiger partial charge in [-0.3, -0.25) is 9.59 Å². The third-order valence-electron chi connectivity index (χ3n) is 21.5. The number of hydrogen-bond donors (Lipinski definition) is 14. The van der Waals surface area contributed by atoms with Crippen LogP contribution >= 0.6 is 0 Å². The first kappa shape index (κ1) is 61.4. The second kappa shape index (κ2) is 22.4. The van der Waals surface area contributed by atoms with E-state index in [9.17, 15) is 76.0 Å². The van der Waals surface area contributed by atoms with Crippen molar-refractivity contribution in [2.45, 2.75) is 242 Å². The highest BCUT2D eigenvalue weighted by atomic mass is 16.8. The van der Waals surface area contributed by atoms with Gasteiger partial charge in [0.25, 0.3) is 0 Å². The van der Waals surface area contributed by atoms with E-state index in [4.69, 9.17) is 37.9 Å². The number of aliphatic hydroxyl groups is 12. The normalized spacial score (nSPS) is 52.3. The summed E-state index contributed by atoms with van der Waals surface area (Å²) in [6.07, 6.45) is -22.9. The van der Waals surface area contributed by atoms with E-state index in [0.717, 1.165) is 18.4 Å². The molecule has 0 spiro atoms.